The molecule has 0 saturated carbocycles. The van der Waals surface area contributed by atoms with Crippen LogP contribution in [0, 0.1) is 0 Å². The number of carboxylic acids is 1. The Hall–Kier alpha value is -3.11. The monoisotopic (exact) mass is 377 g/mol. The maximum atomic E-state index is 12.5. The van der Waals surface area contributed by atoms with Crippen LogP contribution >= 0.6 is 0 Å². The van der Waals surface area contributed by atoms with E-state index in [0.29, 0.717) is 0 Å². The molecule has 0 fully saturated rings. The van der Waals surface area contributed by atoms with Crippen molar-refractivity contribution in [3.8, 4) is 5.75 Å². The largest absolute Gasteiger partial charge is 0.495 e. The zero-order valence-corrected chi connectivity index (χ0v) is 14.3. The molecule has 1 aliphatic rings. The Bertz CT molecular complexity index is 989. The zero-order chi connectivity index (χ0) is 18.9. The summed E-state index contributed by atoms with van der Waals surface area (Å²) in [5.74, 6) is -1.65. The predicted octanol–water partition coefficient (Wildman–Crippen LogP) is 1.06. The third-order valence-corrected chi connectivity index (χ3v) is 5.20. The van der Waals surface area contributed by atoms with Gasteiger partial charge in [0.2, 0.25) is 10.0 Å². The van der Waals surface area contributed by atoms with Crippen molar-refractivity contribution in [1.82, 2.24) is 4.72 Å². The smallest absolute Gasteiger partial charge is 0.335 e. The Morgan fingerprint density at radius 2 is 1.92 bits per heavy atom. The summed E-state index contributed by atoms with van der Waals surface area (Å²) in [7, 11) is -2.50. The van der Waals surface area contributed by atoms with Crippen molar-refractivity contribution in [1.29, 1.82) is 0 Å². The molecule has 0 aliphatic carbocycles. The molecular weight excluding hydrogens is 362 g/mol. The van der Waals surface area contributed by atoms with Crippen molar-refractivity contribution >= 4 is 33.3 Å². The summed E-state index contributed by atoms with van der Waals surface area (Å²) >= 11 is 0. The van der Waals surface area contributed by atoms with Crippen LogP contribution in [-0.4, -0.2) is 38.7 Å². The van der Waals surface area contributed by atoms with Gasteiger partial charge in [-0.15, -0.1) is 0 Å². The Morgan fingerprint density at radius 1 is 1.19 bits per heavy atom. The van der Waals surface area contributed by atoms with Gasteiger partial charge in [0.15, 0.2) is 6.17 Å². The maximum absolute atomic E-state index is 12.5. The van der Waals surface area contributed by atoms with E-state index in [2.05, 4.69) is 15.4 Å². The lowest BCUT2D eigenvalue weighted by Crippen LogP contribution is -2.51. The molecule has 2 aromatic carbocycles. The number of methoxy groups -OCH3 is 1. The molecule has 1 atom stereocenters. The summed E-state index contributed by atoms with van der Waals surface area (Å²) in [6.45, 7) is 0. The number of ether oxygens (including phenoxy) is 1. The molecule has 1 aliphatic heterocycles. The number of amides is 1. The first-order chi connectivity index (χ1) is 12.3. The van der Waals surface area contributed by atoms with Gasteiger partial charge in [-0.1, -0.05) is 12.1 Å². The van der Waals surface area contributed by atoms with E-state index in [1.165, 1.54) is 31.4 Å². The number of carbonyl (C=O) groups excluding carboxylic acids is 1. The molecular formula is C16H15N3O6S. The molecule has 1 heterocycles. The van der Waals surface area contributed by atoms with Gasteiger partial charge in [-0.05, 0) is 30.3 Å². The Morgan fingerprint density at radius 3 is 2.62 bits per heavy atom. The second-order valence-electron chi connectivity index (χ2n) is 5.40. The van der Waals surface area contributed by atoms with E-state index in [1.807, 2.05) is 0 Å². The van der Waals surface area contributed by atoms with Crippen molar-refractivity contribution < 1.29 is 27.9 Å². The second-order valence-corrected chi connectivity index (χ2v) is 7.09. The lowest BCUT2D eigenvalue weighted by atomic mass is 10.2. The van der Waals surface area contributed by atoms with Crippen LogP contribution in [0.15, 0.2) is 47.4 Å². The fourth-order valence-electron chi connectivity index (χ4n) is 2.49. The number of para-hydroxylation sites is 1. The predicted molar refractivity (Wildman–Crippen MR) is 92.8 cm³/mol. The number of sulfonamides is 1. The maximum Gasteiger partial charge on any atom is 0.335 e. The van der Waals surface area contributed by atoms with Gasteiger partial charge in [0.05, 0.1) is 24.0 Å². The van der Waals surface area contributed by atoms with Gasteiger partial charge < -0.3 is 20.5 Å². The van der Waals surface area contributed by atoms with Crippen molar-refractivity contribution in [3.63, 3.8) is 0 Å². The number of carbonyl (C=O) groups is 2. The summed E-state index contributed by atoms with van der Waals surface area (Å²) in [5.41, 5.74) is 0.346. The number of fused-ring (bicyclic) bond motifs is 1. The van der Waals surface area contributed by atoms with Crippen LogP contribution in [0.5, 0.6) is 5.75 Å². The lowest BCUT2D eigenvalue weighted by molar-refractivity contribution is -0.117. The van der Waals surface area contributed by atoms with Crippen LogP contribution in [0.4, 0.5) is 11.4 Å². The molecule has 3 rings (SSSR count). The highest BCUT2D eigenvalue weighted by Gasteiger charge is 2.33. The normalized spacial score (nSPS) is 17.5. The summed E-state index contributed by atoms with van der Waals surface area (Å²) in [6, 6.07) is 10.1. The first-order valence-corrected chi connectivity index (χ1v) is 8.90. The highest BCUT2D eigenvalue weighted by molar-refractivity contribution is 7.89. The van der Waals surface area contributed by atoms with Gasteiger partial charge >= 0.3 is 5.97 Å². The van der Waals surface area contributed by atoms with Crippen molar-refractivity contribution in [2.75, 3.05) is 17.7 Å². The first-order valence-electron chi connectivity index (χ1n) is 7.42. The highest BCUT2D eigenvalue weighted by atomic mass is 32.2. The van der Waals surface area contributed by atoms with Crippen molar-refractivity contribution in [2.45, 2.75) is 11.1 Å². The third-order valence-electron chi connectivity index (χ3n) is 3.72. The molecule has 4 N–H and O–H groups in total. The second kappa shape index (κ2) is 6.65. The van der Waals surface area contributed by atoms with Crippen molar-refractivity contribution in [3.05, 3.63) is 48.0 Å². The van der Waals surface area contributed by atoms with Crippen LogP contribution in [0.3, 0.4) is 0 Å². The van der Waals surface area contributed by atoms with E-state index < -0.39 is 28.1 Å². The molecule has 0 spiro atoms. The zero-order valence-electron chi connectivity index (χ0n) is 13.5. The molecule has 26 heavy (non-hydrogen) atoms. The number of benzene rings is 2. The molecule has 9 nitrogen and oxygen atoms in total. The molecule has 0 saturated heterocycles. The lowest BCUT2D eigenvalue weighted by Gasteiger charge is -2.27. The number of nitrogens with one attached hydrogen (secondary N) is 3. The fraction of sp³-hybridized carbons (Fsp3) is 0.125. The molecule has 1 amide bonds. The molecule has 136 valence electrons. The molecule has 0 bridgehead atoms. The van der Waals surface area contributed by atoms with Gasteiger partial charge in [0, 0.05) is 0 Å². The Labute approximate surface area is 149 Å². The molecule has 2 aromatic rings. The number of carboxylic acid groups (broad SMARTS) is 1. The van der Waals surface area contributed by atoms with Crippen LogP contribution in [0.1, 0.15) is 10.4 Å². The SMILES string of the molecule is COc1ccc(C(=O)O)cc1NC(=O)C1Nc2ccccc2S(=O)(=O)N1. The molecule has 1 unspecified atom stereocenters. The van der Waals surface area contributed by atoms with E-state index >= 15 is 0 Å². The summed E-state index contributed by atoms with van der Waals surface area (Å²) < 4.78 is 31.9. The average Bonchev–Trinajstić information content (AvgIpc) is 2.61. The van der Waals surface area contributed by atoms with Gasteiger partial charge in [-0.3, -0.25) is 4.79 Å². The highest BCUT2D eigenvalue weighted by Crippen LogP contribution is 2.28. The van der Waals surface area contributed by atoms with E-state index in [4.69, 9.17) is 9.84 Å². The van der Waals surface area contributed by atoms with E-state index in [0.717, 1.165) is 0 Å². The number of aromatic carboxylic acids is 1. The average molecular weight is 377 g/mol. The fourth-order valence-corrected chi connectivity index (χ4v) is 3.76. The van der Waals surface area contributed by atoms with Crippen LogP contribution < -0.4 is 20.1 Å². The molecule has 10 heteroatoms. The van der Waals surface area contributed by atoms with E-state index in [-0.39, 0.29) is 27.6 Å². The Balaban J connectivity index is 1.88. The number of hydrogen-bond donors (Lipinski definition) is 4. The summed E-state index contributed by atoms with van der Waals surface area (Å²) in [4.78, 5) is 23.7. The van der Waals surface area contributed by atoms with Gasteiger partial charge in [-0.25, -0.2) is 13.2 Å². The van der Waals surface area contributed by atoms with Gasteiger partial charge in [0.1, 0.15) is 10.6 Å². The molecule has 0 aromatic heterocycles. The number of anilines is 2. The molecule has 0 radical (unpaired) electrons. The van der Waals surface area contributed by atoms with Crippen LogP contribution in [-0.2, 0) is 14.8 Å². The minimum absolute atomic E-state index is 0.0366. The van der Waals surface area contributed by atoms with Gasteiger partial charge in [0.25, 0.3) is 5.91 Å². The summed E-state index contributed by atoms with van der Waals surface area (Å²) in [6.07, 6.45) is -1.27. The summed E-state index contributed by atoms with van der Waals surface area (Å²) in [5, 5.41) is 14.3. The van der Waals surface area contributed by atoms with Crippen LogP contribution in [0.2, 0.25) is 0 Å². The van der Waals surface area contributed by atoms with Gasteiger partial charge in [-0.2, -0.15) is 4.72 Å². The van der Waals surface area contributed by atoms with E-state index in [1.54, 1.807) is 18.2 Å². The first kappa shape index (κ1) is 17.7. The number of rotatable bonds is 4. The topological polar surface area (TPSA) is 134 Å². The number of hydrogen-bond acceptors (Lipinski definition) is 6. The van der Waals surface area contributed by atoms with Crippen molar-refractivity contribution in [2.24, 2.45) is 0 Å². The van der Waals surface area contributed by atoms with Crippen LogP contribution in [0.25, 0.3) is 0 Å². The standard InChI is InChI=1S/C16H15N3O6S/c1-25-12-7-6-9(16(21)22)8-11(12)18-15(20)14-17-10-4-2-3-5-13(10)26(23,24)19-14/h2-8,14,17,19H,1H3,(H,18,20)(H,21,22). The minimum Gasteiger partial charge on any atom is -0.495 e. The third kappa shape index (κ3) is 3.32. The van der Waals surface area contributed by atoms with E-state index in [9.17, 15) is 18.0 Å². The Kier molecular flexibility index (Phi) is 4.53. The quantitative estimate of drug-likeness (QED) is 0.626. The minimum atomic E-state index is -3.86.